The summed E-state index contributed by atoms with van der Waals surface area (Å²) in [6, 6.07) is 6.49. The fourth-order valence-corrected chi connectivity index (χ4v) is 2.76. The van der Waals surface area contributed by atoms with Crippen molar-refractivity contribution in [2.24, 2.45) is 0 Å². The molecule has 1 aromatic heterocycles. The van der Waals surface area contributed by atoms with Crippen molar-refractivity contribution in [3.05, 3.63) is 41.5 Å². The van der Waals surface area contributed by atoms with E-state index in [0.29, 0.717) is 17.6 Å². The Bertz CT molecular complexity index is 647. The number of benzene rings is 1. The van der Waals surface area contributed by atoms with Gasteiger partial charge in [0, 0.05) is 5.92 Å². The number of carboxylic acids is 1. The van der Waals surface area contributed by atoms with Crippen LogP contribution in [0.2, 0.25) is 0 Å². The Morgan fingerprint density at radius 2 is 2.05 bits per heavy atom. The number of ether oxygens (including phenoxy) is 1. The van der Waals surface area contributed by atoms with Crippen LogP contribution in [0, 0.1) is 0 Å². The summed E-state index contributed by atoms with van der Waals surface area (Å²) in [5.74, 6) is 0.764. The minimum Gasteiger partial charge on any atom is -0.483 e. The first-order valence-corrected chi connectivity index (χ1v) is 7.51. The van der Waals surface area contributed by atoms with Gasteiger partial charge in [0.15, 0.2) is 12.4 Å². The molecule has 1 fully saturated rings. The number of aromatic carboxylic acids is 1. The van der Waals surface area contributed by atoms with E-state index in [2.05, 4.69) is 10.1 Å². The topological polar surface area (TPSA) is 85.5 Å². The van der Waals surface area contributed by atoms with Gasteiger partial charge >= 0.3 is 5.97 Å². The van der Waals surface area contributed by atoms with Crippen molar-refractivity contribution in [2.75, 3.05) is 0 Å². The zero-order valence-electron chi connectivity index (χ0n) is 12.2. The smallest absolute Gasteiger partial charge is 0.339 e. The van der Waals surface area contributed by atoms with Gasteiger partial charge in [0.1, 0.15) is 11.3 Å². The molecule has 0 saturated heterocycles. The van der Waals surface area contributed by atoms with Crippen LogP contribution >= 0.6 is 0 Å². The SMILES string of the molecule is O=C(O)c1ccccc1OCc1nc(C2CCCCC2)no1. The van der Waals surface area contributed by atoms with Crippen molar-refractivity contribution in [1.82, 2.24) is 10.1 Å². The summed E-state index contributed by atoms with van der Waals surface area (Å²) in [6.45, 7) is 0.0734. The van der Waals surface area contributed by atoms with E-state index >= 15 is 0 Å². The lowest BCUT2D eigenvalue weighted by Gasteiger charge is -2.17. The second-order valence-corrected chi connectivity index (χ2v) is 5.47. The second-order valence-electron chi connectivity index (χ2n) is 5.47. The van der Waals surface area contributed by atoms with Gasteiger partial charge in [0.05, 0.1) is 0 Å². The van der Waals surface area contributed by atoms with Gasteiger partial charge in [-0.2, -0.15) is 4.98 Å². The molecule has 0 amide bonds. The number of rotatable bonds is 5. The number of carbonyl (C=O) groups is 1. The quantitative estimate of drug-likeness (QED) is 0.911. The molecule has 0 atom stereocenters. The van der Waals surface area contributed by atoms with Crippen LogP contribution in [0.15, 0.2) is 28.8 Å². The highest BCUT2D eigenvalue weighted by Gasteiger charge is 2.21. The van der Waals surface area contributed by atoms with Crippen molar-refractivity contribution in [3.8, 4) is 5.75 Å². The van der Waals surface area contributed by atoms with Crippen molar-refractivity contribution in [2.45, 2.75) is 44.6 Å². The molecule has 6 nitrogen and oxygen atoms in total. The molecular formula is C16H18N2O4. The highest BCUT2D eigenvalue weighted by molar-refractivity contribution is 5.90. The molecule has 3 rings (SSSR count). The number of hydrogen-bond acceptors (Lipinski definition) is 5. The highest BCUT2D eigenvalue weighted by atomic mass is 16.5. The van der Waals surface area contributed by atoms with Gasteiger partial charge in [-0.3, -0.25) is 0 Å². The normalized spacial score (nSPS) is 15.6. The Morgan fingerprint density at radius 1 is 1.27 bits per heavy atom. The molecule has 116 valence electrons. The van der Waals surface area contributed by atoms with Gasteiger partial charge in [-0.05, 0) is 25.0 Å². The predicted molar refractivity (Wildman–Crippen MR) is 77.9 cm³/mol. The summed E-state index contributed by atoms with van der Waals surface area (Å²) < 4.78 is 10.7. The first kappa shape index (κ1) is 14.6. The minimum absolute atomic E-state index is 0.0734. The Morgan fingerprint density at radius 3 is 2.82 bits per heavy atom. The maximum absolute atomic E-state index is 11.1. The zero-order valence-corrected chi connectivity index (χ0v) is 12.2. The predicted octanol–water partition coefficient (Wildman–Crippen LogP) is 3.39. The van der Waals surface area contributed by atoms with Crippen LogP contribution in [0.4, 0.5) is 0 Å². The average Bonchev–Trinajstić information content (AvgIpc) is 3.03. The molecule has 1 aliphatic rings. The molecule has 1 N–H and O–H groups in total. The van der Waals surface area contributed by atoms with Gasteiger partial charge < -0.3 is 14.4 Å². The van der Waals surface area contributed by atoms with Crippen molar-refractivity contribution < 1.29 is 19.2 Å². The van der Waals surface area contributed by atoms with Gasteiger partial charge in [0.25, 0.3) is 5.89 Å². The van der Waals surface area contributed by atoms with E-state index in [1.165, 1.54) is 25.3 Å². The van der Waals surface area contributed by atoms with Crippen molar-refractivity contribution >= 4 is 5.97 Å². The summed E-state index contributed by atoms with van der Waals surface area (Å²) in [5, 5.41) is 13.1. The summed E-state index contributed by atoms with van der Waals surface area (Å²) in [6.07, 6.45) is 5.88. The minimum atomic E-state index is -1.02. The fraction of sp³-hybridized carbons (Fsp3) is 0.438. The summed E-state index contributed by atoms with van der Waals surface area (Å²) in [5.41, 5.74) is 0.120. The second kappa shape index (κ2) is 6.60. The van der Waals surface area contributed by atoms with Gasteiger partial charge in [-0.25, -0.2) is 4.79 Å². The van der Waals surface area contributed by atoms with Gasteiger partial charge in [-0.15, -0.1) is 0 Å². The number of hydrogen-bond donors (Lipinski definition) is 1. The molecular weight excluding hydrogens is 284 g/mol. The Hall–Kier alpha value is -2.37. The lowest BCUT2D eigenvalue weighted by molar-refractivity contribution is 0.0691. The summed E-state index contributed by atoms with van der Waals surface area (Å²) in [4.78, 5) is 15.5. The maximum atomic E-state index is 11.1. The molecule has 0 spiro atoms. The standard InChI is InChI=1S/C16H18N2O4/c19-16(20)12-8-4-5-9-13(12)21-10-14-17-15(18-22-14)11-6-2-1-3-7-11/h4-5,8-9,11H,1-3,6-7,10H2,(H,19,20). The lowest BCUT2D eigenvalue weighted by atomic mass is 9.89. The lowest BCUT2D eigenvalue weighted by Crippen LogP contribution is -2.07. The number of carboxylic acid groups (broad SMARTS) is 1. The van der Waals surface area contributed by atoms with E-state index in [0.717, 1.165) is 18.7 Å². The van der Waals surface area contributed by atoms with Crippen LogP contribution in [-0.2, 0) is 6.61 Å². The van der Waals surface area contributed by atoms with Gasteiger partial charge in [0.2, 0.25) is 0 Å². The number of nitrogens with zero attached hydrogens (tertiary/aromatic N) is 2. The molecule has 2 aromatic rings. The average molecular weight is 302 g/mol. The largest absolute Gasteiger partial charge is 0.483 e. The van der Waals surface area contributed by atoms with E-state index in [1.807, 2.05) is 0 Å². The summed E-state index contributed by atoms with van der Waals surface area (Å²) in [7, 11) is 0. The van der Waals surface area contributed by atoms with Crippen molar-refractivity contribution in [3.63, 3.8) is 0 Å². The highest BCUT2D eigenvalue weighted by Crippen LogP contribution is 2.30. The molecule has 22 heavy (non-hydrogen) atoms. The van der Waals surface area contributed by atoms with Crippen molar-refractivity contribution in [1.29, 1.82) is 0 Å². The van der Waals surface area contributed by atoms with Crippen LogP contribution in [0.5, 0.6) is 5.75 Å². The van der Waals surface area contributed by atoms with Crippen LogP contribution in [-0.4, -0.2) is 21.2 Å². The van der Waals surface area contributed by atoms with E-state index in [1.54, 1.807) is 18.2 Å². The maximum Gasteiger partial charge on any atom is 0.339 e. The Balaban J connectivity index is 1.65. The van der Waals surface area contributed by atoms with Crippen LogP contribution in [0.25, 0.3) is 0 Å². The third-order valence-electron chi connectivity index (χ3n) is 3.92. The molecule has 0 radical (unpaired) electrons. The van der Waals surface area contributed by atoms with Crippen LogP contribution in [0.1, 0.15) is 60.1 Å². The molecule has 1 heterocycles. The molecule has 0 unspecified atom stereocenters. The first-order chi connectivity index (χ1) is 10.7. The van der Waals surface area contributed by atoms with Crippen LogP contribution < -0.4 is 4.74 Å². The monoisotopic (exact) mass is 302 g/mol. The summed E-state index contributed by atoms with van der Waals surface area (Å²) >= 11 is 0. The number of aromatic nitrogens is 2. The Labute approximate surface area is 128 Å². The zero-order chi connectivity index (χ0) is 15.4. The van der Waals surface area contributed by atoms with E-state index in [4.69, 9.17) is 14.4 Å². The van der Waals surface area contributed by atoms with E-state index in [9.17, 15) is 4.79 Å². The third kappa shape index (κ3) is 3.27. The fourth-order valence-electron chi connectivity index (χ4n) is 2.76. The first-order valence-electron chi connectivity index (χ1n) is 7.51. The molecule has 0 aliphatic heterocycles. The van der Waals surface area contributed by atoms with E-state index < -0.39 is 5.97 Å². The molecule has 0 bridgehead atoms. The molecule has 1 aliphatic carbocycles. The van der Waals surface area contributed by atoms with E-state index in [-0.39, 0.29) is 12.2 Å². The molecule has 1 aromatic carbocycles. The molecule has 1 saturated carbocycles. The Kier molecular flexibility index (Phi) is 4.37. The third-order valence-corrected chi connectivity index (χ3v) is 3.92. The van der Waals surface area contributed by atoms with Gasteiger partial charge in [-0.1, -0.05) is 36.6 Å². The number of para-hydroxylation sites is 1. The molecule has 6 heteroatoms. The van der Waals surface area contributed by atoms with Crippen LogP contribution in [0.3, 0.4) is 0 Å².